The Morgan fingerprint density at radius 1 is 1.26 bits per heavy atom. The van der Waals surface area contributed by atoms with Crippen LogP contribution >= 0.6 is 11.6 Å². The number of aromatic amines is 1. The fourth-order valence-corrected chi connectivity index (χ4v) is 6.35. The molecule has 1 atom stereocenters. The summed E-state index contributed by atoms with van der Waals surface area (Å²) in [6.07, 6.45) is 0.863. The van der Waals surface area contributed by atoms with Gasteiger partial charge in [-0.3, -0.25) is 4.79 Å². The highest BCUT2D eigenvalue weighted by Crippen LogP contribution is 2.33. The number of fused-ring (bicyclic) bond motifs is 1. The minimum Gasteiger partial charge on any atom is -0.491 e. The van der Waals surface area contributed by atoms with Gasteiger partial charge in [-0.05, 0) is 42.5 Å². The van der Waals surface area contributed by atoms with E-state index in [0.717, 1.165) is 0 Å². The van der Waals surface area contributed by atoms with Crippen molar-refractivity contribution in [3.63, 3.8) is 0 Å². The minimum absolute atomic E-state index is 0.000342. The molecule has 4 aromatic rings. The van der Waals surface area contributed by atoms with Gasteiger partial charge in [0.05, 0.1) is 13.7 Å². The lowest BCUT2D eigenvalue weighted by Crippen LogP contribution is -2.47. The Labute approximate surface area is 228 Å². The summed E-state index contributed by atoms with van der Waals surface area (Å²) in [4.78, 5) is 18.8. The summed E-state index contributed by atoms with van der Waals surface area (Å²) in [5.41, 5.74) is 6.51. The Morgan fingerprint density at radius 3 is 2.79 bits per heavy atom. The van der Waals surface area contributed by atoms with Crippen LogP contribution in [0.4, 0.5) is 4.39 Å². The summed E-state index contributed by atoms with van der Waals surface area (Å²) in [5, 5.41) is 0.578. The van der Waals surface area contributed by atoms with E-state index in [0.29, 0.717) is 27.7 Å². The van der Waals surface area contributed by atoms with Crippen molar-refractivity contribution in [1.29, 1.82) is 0 Å². The molecule has 0 bridgehead atoms. The van der Waals surface area contributed by atoms with Crippen molar-refractivity contribution in [2.75, 3.05) is 33.4 Å². The number of hydrogen-bond donors (Lipinski definition) is 2. The van der Waals surface area contributed by atoms with Crippen molar-refractivity contribution >= 4 is 38.4 Å². The van der Waals surface area contributed by atoms with E-state index in [9.17, 15) is 17.6 Å². The number of halogens is 2. The number of amides is 1. The highest BCUT2D eigenvalue weighted by molar-refractivity contribution is 7.89. The molecule has 13 heteroatoms. The van der Waals surface area contributed by atoms with E-state index in [1.165, 1.54) is 41.9 Å². The maximum atomic E-state index is 14.5. The smallest absolute Gasteiger partial charge is 0.266 e. The molecule has 1 saturated heterocycles. The van der Waals surface area contributed by atoms with Crippen LogP contribution in [-0.4, -0.2) is 68.1 Å². The quantitative estimate of drug-likeness (QED) is 0.328. The second-order valence-electron chi connectivity index (χ2n) is 8.78. The average molecular weight is 575 g/mol. The number of nitrogens with zero attached hydrogens (tertiary/aromatic N) is 2. The first kappa shape index (κ1) is 26.9. The Balaban J connectivity index is 1.34. The number of H-pyrrole nitrogens is 1. The maximum Gasteiger partial charge on any atom is 0.266 e. The number of nitrogens with one attached hydrogen (secondary N) is 1. The monoisotopic (exact) mass is 574 g/mol. The number of morpholine rings is 1. The molecule has 0 saturated carbocycles. The zero-order valence-corrected chi connectivity index (χ0v) is 22.3. The van der Waals surface area contributed by atoms with Gasteiger partial charge in [-0.1, -0.05) is 11.6 Å². The van der Waals surface area contributed by atoms with Crippen molar-refractivity contribution in [2.45, 2.75) is 11.0 Å². The summed E-state index contributed by atoms with van der Waals surface area (Å²) in [5.74, 6) is -0.593. The highest BCUT2D eigenvalue weighted by atomic mass is 35.5. The van der Waals surface area contributed by atoms with Gasteiger partial charge in [0.25, 0.3) is 5.91 Å². The highest BCUT2D eigenvalue weighted by Gasteiger charge is 2.36. The van der Waals surface area contributed by atoms with Gasteiger partial charge in [-0.25, -0.2) is 17.8 Å². The van der Waals surface area contributed by atoms with Crippen LogP contribution in [-0.2, 0) is 14.8 Å². The second kappa shape index (κ2) is 10.8. The van der Waals surface area contributed by atoms with E-state index in [1.807, 2.05) is 0 Å². The van der Waals surface area contributed by atoms with Gasteiger partial charge >= 0.3 is 0 Å². The van der Waals surface area contributed by atoms with Crippen LogP contribution in [0.5, 0.6) is 11.6 Å². The molecular formula is C26H24ClFN4O6S. The average Bonchev–Trinajstić information content (AvgIpc) is 3.33. The van der Waals surface area contributed by atoms with Crippen molar-refractivity contribution in [3.8, 4) is 22.8 Å². The summed E-state index contributed by atoms with van der Waals surface area (Å²) in [6, 6.07) is 12.2. The van der Waals surface area contributed by atoms with Crippen molar-refractivity contribution in [3.05, 3.63) is 71.3 Å². The van der Waals surface area contributed by atoms with Gasteiger partial charge in [0.2, 0.25) is 15.9 Å². The molecule has 1 unspecified atom stereocenters. The maximum absolute atomic E-state index is 14.5. The zero-order valence-electron chi connectivity index (χ0n) is 20.7. The Kier molecular flexibility index (Phi) is 7.45. The molecule has 10 nitrogen and oxygen atoms in total. The summed E-state index contributed by atoms with van der Waals surface area (Å²) < 4.78 is 59.8. The molecule has 0 spiro atoms. The van der Waals surface area contributed by atoms with Crippen molar-refractivity contribution in [2.24, 2.45) is 5.73 Å². The van der Waals surface area contributed by atoms with Crippen LogP contribution in [0, 0.1) is 5.82 Å². The molecule has 0 aliphatic carbocycles. The van der Waals surface area contributed by atoms with E-state index >= 15 is 0 Å². The predicted molar refractivity (Wildman–Crippen MR) is 142 cm³/mol. The van der Waals surface area contributed by atoms with Gasteiger partial charge in [0.1, 0.15) is 34.9 Å². The fraction of sp³-hybridized carbons (Fsp3) is 0.231. The first-order chi connectivity index (χ1) is 18.7. The van der Waals surface area contributed by atoms with E-state index in [1.54, 1.807) is 24.3 Å². The number of aromatic nitrogens is 2. The predicted octanol–water partition coefficient (Wildman–Crippen LogP) is 3.60. The molecule has 3 N–H and O–H groups in total. The van der Waals surface area contributed by atoms with Crippen LogP contribution in [0.15, 0.2) is 59.6 Å². The Hall–Kier alpha value is -3.71. The molecule has 2 aromatic heterocycles. The van der Waals surface area contributed by atoms with E-state index < -0.39 is 27.9 Å². The minimum atomic E-state index is -4.17. The molecule has 1 amide bonds. The third-order valence-corrected chi connectivity index (χ3v) is 8.48. The van der Waals surface area contributed by atoms with Gasteiger partial charge in [0.15, 0.2) is 0 Å². The number of pyridine rings is 1. The lowest BCUT2D eigenvalue weighted by Gasteiger charge is -2.32. The summed E-state index contributed by atoms with van der Waals surface area (Å²) >= 11 is 6.10. The zero-order chi connectivity index (χ0) is 27.7. The third kappa shape index (κ3) is 5.41. The molecule has 1 aliphatic heterocycles. The van der Waals surface area contributed by atoms with E-state index in [4.69, 9.17) is 31.5 Å². The molecule has 5 rings (SSSR count). The number of primary amides is 1. The number of rotatable bonds is 8. The second-order valence-corrected chi connectivity index (χ2v) is 11.1. The first-order valence-electron chi connectivity index (χ1n) is 11.8. The Morgan fingerprint density at radius 2 is 2.08 bits per heavy atom. The third-order valence-electron chi connectivity index (χ3n) is 6.29. The van der Waals surface area contributed by atoms with Crippen molar-refractivity contribution < 1.29 is 31.8 Å². The largest absolute Gasteiger partial charge is 0.491 e. The number of nitrogens with two attached hydrogens (primary N) is 1. The number of ether oxygens (including phenoxy) is 3. The number of hydrogen-bond acceptors (Lipinski definition) is 7. The van der Waals surface area contributed by atoms with Crippen LogP contribution < -0.4 is 15.2 Å². The molecule has 0 radical (unpaired) electrons. The number of carbonyl (C=O) groups excluding carboxylic acids is 1. The van der Waals surface area contributed by atoms with E-state index in [2.05, 4.69) is 9.97 Å². The summed E-state index contributed by atoms with van der Waals surface area (Å²) in [6.45, 7) is 0.133. The van der Waals surface area contributed by atoms with Gasteiger partial charge in [0, 0.05) is 52.4 Å². The molecule has 3 heterocycles. The number of benzene rings is 2. The standard InChI is InChI=1S/C26H24ClFN4O6S/c1-36-23-7-2-15(12-30-23)19-11-17(4-5-21(19)28)38-14-18-13-32(8-9-37-18)39(34,35)25-20-10-16(27)3-6-22(20)31-24(25)26(29)33/h2-7,10-12,18,31H,8-9,13-14H2,1H3,(H2,29,33). The summed E-state index contributed by atoms with van der Waals surface area (Å²) in [7, 11) is -2.68. The first-order valence-corrected chi connectivity index (χ1v) is 13.6. The lowest BCUT2D eigenvalue weighted by molar-refractivity contribution is -0.0249. The SMILES string of the molecule is COc1ccc(-c2cc(OCC3CN(S(=O)(=O)c4c(C(N)=O)[nH]c5ccc(Cl)cc45)CCO3)ccc2F)cn1. The Bertz CT molecular complexity index is 1640. The normalized spacial score (nSPS) is 16.3. The van der Waals surface area contributed by atoms with Crippen LogP contribution in [0.25, 0.3) is 22.0 Å². The van der Waals surface area contributed by atoms with Gasteiger partial charge < -0.3 is 24.9 Å². The number of sulfonamides is 1. The van der Waals surface area contributed by atoms with Crippen LogP contribution in [0.1, 0.15) is 10.5 Å². The van der Waals surface area contributed by atoms with E-state index in [-0.39, 0.29) is 47.8 Å². The van der Waals surface area contributed by atoms with Crippen LogP contribution in [0.3, 0.4) is 0 Å². The molecule has 204 valence electrons. The molecule has 39 heavy (non-hydrogen) atoms. The van der Waals surface area contributed by atoms with Crippen LogP contribution in [0.2, 0.25) is 5.02 Å². The molecule has 1 aliphatic rings. The van der Waals surface area contributed by atoms with Crippen molar-refractivity contribution in [1.82, 2.24) is 14.3 Å². The number of carbonyl (C=O) groups is 1. The molecular weight excluding hydrogens is 551 g/mol. The number of methoxy groups -OCH3 is 1. The fourth-order valence-electron chi connectivity index (χ4n) is 4.39. The van der Waals surface area contributed by atoms with Gasteiger partial charge in [-0.2, -0.15) is 4.31 Å². The topological polar surface area (TPSA) is 137 Å². The van der Waals surface area contributed by atoms with Gasteiger partial charge in [-0.15, -0.1) is 0 Å². The molecule has 1 fully saturated rings. The lowest BCUT2D eigenvalue weighted by atomic mass is 10.1. The molecule has 2 aromatic carbocycles.